The van der Waals surface area contributed by atoms with Crippen LogP contribution in [0, 0.1) is 0 Å². The predicted octanol–water partition coefficient (Wildman–Crippen LogP) is 1.45. The van der Waals surface area contributed by atoms with Crippen molar-refractivity contribution in [1.29, 1.82) is 0 Å². The Morgan fingerprint density at radius 3 is 3.00 bits per heavy atom. The number of methoxy groups -OCH3 is 1. The Labute approximate surface area is 139 Å². The third kappa shape index (κ3) is 3.90. The number of benzene rings is 1. The zero-order valence-electron chi connectivity index (χ0n) is 13.0. The minimum absolute atomic E-state index is 0.513. The summed E-state index contributed by atoms with van der Waals surface area (Å²) in [5.41, 5.74) is 0.656. The molecule has 23 heavy (non-hydrogen) atoms. The van der Waals surface area contributed by atoms with Crippen molar-refractivity contribution in [1.82, 2.24) is 15.4 Å². The first-order valence-corrected chi connectivity index (χ1v) is 7.96. The van der Waals surface area contributed by atoms with Gasteiger partial charge in [-0.25, -0.2) is 0 Å². The normalized spacial score (nSPS) is 15.5. The van der Waals surface area contributed by atoms with Gasteiger partial charge in [0.15, 0.2) is 16.5 Å². The molecule has 0 amide bonds. The van der Waals surface area contributed by atoms with Crippen molar-refractivity contribution in [2.45, 2.75) is 0 Å². The lowest BCUT2D eigenvalue weighted by atomic mass is 10.2. The van der Waals surface area contributed by atoms with Gasteiger partial charge in [0.2, 0.25) is 0 Å². The van der Waals surface area contributed by atoms with Gasteiger partial charge >= 0.3 is 0 Å². The number of ether oxygens (including phenoxy) is 2. The number of hydrogen-bond donors (Lipinski definition) is 2. The molecule has 0 saturated carbocycles. The summed E-state index contributed by atoms with van der Waals surface area (Å²) in [4.78, 5) is 2.34. The average molecular weight is 336 g/mol. The van der Waals surface area contributed by atoms with Crippen LogP contribution in [0.3, 0.4) is 0 Å². The van der Waals surface area contributed by atoms with Crippen LogP contribution in [0.5, 0.6) is 5.75 Å². The molecule has 124 valence electrons. The van der Waals surface area contributed by atoms with E-state index in [2.05, 4.69) is 20.7 Å². The van der Waals surface area contributed by atoms with Crippen molar-refractivity contribution in [2.24, 2.45) is 0 Å². The van der Waals surface area contributed by atoms with E-state index in [0.717, 1.165) is 44.8 Å². The van der Waals surface area contributed by atoms with Crippen LogP contribution in [-0.2, 0) is 4.74 Å². The van der Waals surface area contributed by atoms with Gasteiger partial charge in [-0.3, -0.25) is 4.90 Å². The molecule has 8 heteroatoms. The SMILES string of the molecule is COc1cccc2onc(NC(=S)NCCN3CCOCC3)c12. The van der Waals surface area contributed by atoms with Crippen molar-refractivity contribution >= 4 is 34.1 Å². The lowest BCUT2D eigenvalue weighted by Gasteiger charge is -2.26. The summed E-state index contributed by atoms with van der Waals surface area (Å²) >= 11 is 5.32. The number of rotatable bonds is 5. The van der Waals surface area contributed by atoms with Gasteiger partial charge in [0.05, 0.1) is 20.3 Å². The summed E-state index contributed by atoms with van der Waals surface area (Å²) in [6.07, 6.45) is 0. The largest absolute Gasteiger partial charge is 0.496 e. The summed E-state index contributed by atoms with van der Waals surface area (Å²) in [6, 6.07) is 5.56. The Morgan fingerprint density at radius 2 is 2.22 bits per heavy atom. The van der Waals surface area contributed by atoms with E-state index in [1.807, 2.05) is 18.2 Å². The van der Waals surface area contributed by atoms with Crippen LogP contribution in [0.4, 0.5) is 5.82 Å². The monoisotopic (exact) mass is 336 g/mol. The van der Waals surface area contributed by atoms with Gasteiger partial charge in [0.25, 0.3) is 0 Å². The molecular weight excluding hydrogens is 316 g/mol. The van der Waals surface area contributed by atoms with Gasteiger partial charge in [-0.05, 0) is 24.4 Å². The maximum Gasteiger partial charge on any atom is 0.187 e. The molecule has 0 atom stereocenters. The molecule has 1 aliphatic heterocycles. The van der Waals surface area contributed by atoms with E-state index in [9.17, 15) is 0 Å². The zero-order chi connectivity index (χ0) is 16.1. The summed E-state index contributed by atoms with van der Waals surface area (Å²) < 4.78 is 16.0. The second kappa shape index (κ2) is 7.58. The molecule has 1 aliphatic rings. The quantitative estimate of drug-likeness (QED) is 0.795. The second-order valence-electron chi connectivity index (χ2n) is 5.20. The third-order valence-electron chi connectivity index (χ3n) is 3.73. The summed E-state index contributed by atoms with van der Waals surface area (Å²) in [6.45, 7) is 5.22. The van der Waals surface area contributed by atoms with E-state index >= 15 is 0 Å². The van der Waals surface area contributed by atoms with Crippen molar-refractivity contribution in [3.05, 3.63) is 18.2 Å². The lowest BCUT2D eigenvalue weighted by molar-refractivity contribution is 0.0389. The molecule has 2 N–H and O–H groups in total. The molecule has 1 fully saturated rings. The molecule has 0 radical (unpaired) electrons. The third-order valence-corrected chi connectivity index (χ3v) is 3.98. The van der Waals surface area contributed by atoms with Gasteiger partial charge < -0.3 is 24.6 Å². The van der Waals surface area contributed by atoms with Gasteiger partial charge in [-0.1, -0.05) is 11.2 Å². The fourth-order valence-electron chi connectivity index (χ4n) is 2.52. The molecule has 2 heterocycles. The number of aromatic nitrogens is 1. The van der Waals surface area contributed by atoms with Gasteiger partial charge in [0, 0.05) is 26.2 Å². The standard InChI is InChI=1S/C15H20N4O3S/c1-20-11-3-2-4-12-13(11)14(18-22-12)17-15(23)16-5-6-19-7-9-21-10-8-19/h2-4H,5-10H2,1H3,(H2,16,17,18,23). The van der Waals surface area contributed by atoms with Crippen LogP contribution >= 0.6 is 12.2 Å². The van der Waals surface area contributed by atoms with Crippen LogP contribution in [0.2, 0.25) is 0 Å². The van der Waals surface area contributed by atoms with Crippen molar-refractivity contribution in [2.75, 3.05) is 51.8 Å². The topological polar surface area (TPSA) is 71.8 Å². The van der Waals surface area contributed by atoms with Crippen molar-refractivity contribution in [3.8, 4) is 5.75 Å². The molecule has 0 bridgehead atoms. The van der Waals surface area contributed by atoms with Gasteiger partial charge in [-0.2, -0.15) is 0 Å². The molecule has 0 unspecified atom stereocenters. The van der Waals surface area contributed by atoms with Crippen molar-refractivity contribution < 1.29 is 14.0 Å². The highest BCUT2D eigenvalue weighted by molar-refractivity contribution is 7.80. The number of nitrogens with zero attached hydrogens (tertiary/aromatic N) is 2. The summed E-state index contributed by atoms with van der Waals surface area (Å²) in [5, 5.41) is 11.6. The molecule has 1 aromatic carbocycles. The number of thiocarbonyl (C=S) groups is 1. The molecule has 0 aliphatic carbocycles. The van der Waals surface area contributed by atoms with E-state index < -0.39 is 0 Å². The molecule has 7 nitrogen and oxygen atoms in total. The molecule has 1 saturated heterocycles. The van der Waals surface area contributed by atoms with Crippen LogP contribution in [-0.4, -0.2) is 61.7 Å². The maximum absolute atomic E-state index is 5.35. The van der Waals surface area contributed by atoms with E-state index in [4.69, 9.17) is 26.2 Å². The maximum atomic E-state index is 5.35. The second-order valence-corrected chi connectivity index (χ2v) is 5.61. The highest BCUT2D eigenvalue weighted by atomic mass is 32.1. The predicted molar refractivity (Wildman–Crippen MR) is 92.0 cm³/mol. The van der Waals surface area contributed by atoms with Gasteiger partial charge in [-0.15, -0.1) is 0 Å². The fourth-order valence-corrected chi connectivity index (χ4v) is 2.72. The first-order chi connectivity index (χ1) is 11.3. The number of nitrogens with one attached hydrogen (secondary N) is 2. The van der Waals surface area contributed by atoms with E-state index in [1.165, 1.54) is 0 Å². The van der Waals surface area contributed by atoms with Crippen LogP contribution in [0.25, 0.3) is 11.0 Å². The van der Waals surface area contributed by atoms with E-state index in [0.29, 0.717) is 22.3 Å². The Balaban J connectivity index is 1.55. The Morgan fingerprint density at radius 1 is 1.39 bits per heavy atom. The summed E-state index contributed by atoms with van der Waals surface area (Å²) in [7, 11) is 1.62. The Kier molecular flexibility index (Phi) is 5.27. The highest BCUT2D eigenvalue weighted by Crippen LogP contribution is 2.31. The molecule has 3 rings (SSSR count). The molecule has 1 aromatic heterocycles. The molecule has 0 spiro atoms. The first-order valence-electron chi connectivity index (χ1n) is 7.55. The Bertz CT molecular complexity index is 670. The number of hydrogen-bond acceptors (Lipinski definition) is 6. The summed E-state index contributed by atoms with van der Waals surface area (Å²) in [5.74, 6) is 1.25. The van der Waals surface area contributed by atoms with Crippen molar-refractivity contribution in [3.63, 3.8) is 0 Å². The minimum Gasteiger partial charge on any atom is -0.496 e. The number of anilines is 1. The minimum atomic E-state index is 0.513. The number of morpholine rings is 1. The molecule has 2 aromatic rings. The van der Waals surface area contributed by atoms with Crippen LogP contribution in [0.15, 0.2) is 22.7 Å². The zero-order valence-corrected chi connectivity index (χ0v) is 13.8. The molecular formula is C15H20N4O3S. The first kappa shape index (κ1) is 16.0. The Hall–Kier alpha value is -1.90. The lowest BCUT2D eigenvalue weighted by Crippen LogP contribution is -2.42. The van der Waals surface area contributed by atoms with Crippen LogP contribution < -0.4 is 15.4 Å². The highest BCUT2D eigenvalue weighted by Gasteiger charge is 2.14. The van der Waals surface area contributed by atoms with Gasteiger partial charge in [0.1, 0.15) is 11.1 Å². The van der Waals surface area contributed by atoms with E-state index in [-0.39, 0.29) is 0 Å². The fraction of sp³-hybridized carbons (Fsp3) is 0.467. The smallest absolute Gasteiger partial charge is 0.187 e. The van der Waals surface area contributed by atoms with E-state index in [1.54, 1.807) is 7.11 Å². The average Bonchev–Trinajstić information content (AvgIpc) is 2.99. The van der Waals surface area contributed by atoms with Crippen LogP contribution in [0.1, 0.15) is 0 Å². The number of fused-ring (bicyclic) bond motifs is 1.